The van der Waals surface area contributed by atoms with E-state index in [1.807, 2.05) is 54.6 Å². The first-order valence-corrected chi connectivity index (χ1v) is 7.35. The molecule has 0 saturated heterocycles. The molecule has 1 N–H and O–H groups in total. The molecule has 0 fully saturated rings. The van der Waals surface area contributed by atoms with E-state index in [1.54, 1.807) is 18.0 Å². The standard InChI is InChI=1S/C18H16ClNO2/c1-20-12-13(11-16(19)18(20)21)15-9-5-6-10-17(15)22-14-7-3-2-4-8-14/h2-11,21H,12H2,1H3. The molecule has 3 rings (SSSR count). The van der Waals surface area contributed by atoms with Crippen LogP contribution < -0.4 is 4.74 Å². The van der Waals surface area contributed by atoms with Crippen molar-refractivity contribution in [3.63, 3.8) is 0 Å². The van der Waals surface area contributed by atoms with E-state index in [0.717, 1.165) is 22.6 Å². The second kappa shape index (κ2) is 6.16. The van der Waals surface area contributed by atoms with E-state index in [4.69, 9.17) is 16.3 Å². The zero-order chi connectivity index (χ0) is 15.5. The van der Waals surface area contributed by atoms with Crippen LogP contribution in [0.5, 0.6) is 11.5 Å². The monoisotopic (exact) mass is 313 g/mol. The van der Waals surface area contributed by atoms with Gasteiger partial charge in [-0.1, -0.05) is 48.0 Å². The zero-order valence-corrected chi connectivity index (χ0v) is 12.9. The summed E-state index contributed by atoms with van der Waals surface area (Å²) in [6.07, 6.45) is 1.78. The maximum atomic E-state index is 9.81. The fourth-order valence-electron chi connectivity index (χ4n) is 2.38. The van der Waals surface area contributed by atoms with Crippen LogP contribution in [-0.2, 0) is 0 Å². The number of aliphatic hydroxyl groups excluding tert-OH is 1. The summed E-state index contributed by atoms with van der Waals surface area (Å²) in [5.74, 6) is 1.63. The summed E-state index contributed by atoms with van der Waals surface area (Å²) in [5.41, 5.74) is 1.96. The van der Waals surface area contributed by atoms with E-state index in [1.165, 1.54) is 0 Å². The lowest BCUT2D eigenvalue weighted by molar-refractivity contribution is 0.246. The van der Waals surface area contributed by atoms with Crippen molar-refractivity contribution < 1.29 is 9.84 Å². The largest absolute Gasteiger partial charge is 0.494 e. The van der Waals surface area contributed by atoms with Gasteiger partial charge in [0.1, 0.15) is 16.5 Å². The van der Waals surface area contributed by atoms with Gasteiger partial charge in [-0.25, -0.2) is 0 Å². The predicted octanol–water partition coefficient (Wildman–Crippen LogP) is 4.77. The Morgan fingerprint density at radius 1 is 1.05 bits per heavy atom. The quantitative estimate of drug-likeness (QED) is 0.885. The van der Waals surface area contributed by atoms with Gasteiger partial charge in [0.25, 0.3) is 0 Å². The molecule has 0 atom stereocenters. The highest BCUT2D eigenvalue weighted by Crippen LogP contribution is 2.34. The maximum Gasteiger partial charge on any atom is 0.206 e. The highest BCUT2D eigenvalue weighted by Gasteiger charge is 2.19. The van der Waals surface area contributed by atoms with E-state index in [2.05, 4.69) is 0 Å². The summed E-state index contributed by atoms with van der Waals surface area (Å²) in [5, 5.41) is 10.1. The molecule has 1 heterocycles. The Kier molecular flexibility index (Phi) is 4.07. The number of halogens is 1. The molecule has 0 spiro atoms. The summed E-state index contributed by atoms with van der Waals surface area (Å²) in [6.45, 7) is 0.567. The lowest BCUT2D eigenvalue weighted by Gasteiger charge is -2.25. The van der Waals surface area contributed by atoms with E-state index >= 15 is 0 Å². The van der Waals surface area contributed by atoms with Crippen LogP contribution in [0.25, 0.3) is 5.57 Å². The minimum Gasteiger partial charge on any atom is -0.494 e. The molecule has 0 radical (unpaired) electrons. The van der Waals surface area contributed by atoms with Crippen molar-refractivity contribution in [3.8, 4) is 11.5 Å². The van der Waals surface area contributed by atoms with E-state index in [9.17, 15) is 5.11 Å². The lowest BCUT2D eigenvalue weighted by Crippen LogP contribution is -2.23. The summed E-state index contributed by atoms with van der Waals surface area (Å²) in [4.78, 5) is 1.71. The van der Waals surface area contributed by atoms with Gasteiger partial charge in [0.15, 0.2) is 0 Å². The topological polar surface area (TPSA) is 32.7 Å². The van der Waals surface area contributed by atoms with Crippen molar-refractivity contribution in [2.24, 2.45) is 0 Å². The molecule has 0 aliphatic carbocycles. The number of nitrogens with zero attached hydrogens (tertiary/aromatic N) is 1. The van der Waals surface area contributed by atoms with Crippen LogP contribution in [0.4, 0.5) is 0 Å². The van der Waals surface area contributed by atoms with Gasteiger partial charge in [-0.3, -0.25) is 0 Å². The third-order valence-corrected chi connectivity index (χ3v) is 3.77. The third-order valence-electron chi connectivity index (χ3n) is 3.49. The molecule has 112 valence electrons. The molecular formula is C18H16ClNO2. The molecule has 0 bridgehead atoms. The van der Waals surface area contributed by atoms with Gasteiger partial charge in [-0.2, -0.15) is 0 Å². The van der Waals surface area contributed by atoms with Crippen LogP contribution in [0, 0.1) is 0 Å². The Bertz CT molecular complexity index is 738. The summed E-state index contributed by atoms with van der Waals surface area (Å²) in [6, 6.07) is 17.5. The molecule has 1 aliphatic rings. The molecule has 0 unspecified atom stereocenters. The first-order valence-electron chi connectivity index (χ1n) is 6.98. The minimum absolute atomic E-state index is 0.0897. The predicted molar refractivity (Wildman–Crippen MR) is 89.1 cm³/mol. The minimum atomic E-state index is 0.0897. The Balaban J connectivity index is 1.97. The van der Waals surface area contributed by atoms with Gasteiger partial charge < -0.3 is 14.7 Å². The Labute approximate surface area is 134 Å². The Hall–Kier alpha value is -2.39. The van der Waals surface area contributed by atoms with E-state index < -0.39 is 0 Å². The van der Waals surface area contributed by atoms with Crippen molar-refractivity contribution in [1.82, 2.24) is 4.90 Å². The molecule has 22 heavy (non-hydrogen) atoms. The lowest BCUT2D eigenvalue weighted by atomic mass is 10.0. The highest BCUT2D eigenvalue weighted by atomic mass is 35.5. The molecule has 0 amide bonds. The number of aliphatic hydroxyl groups is 1. The number of para-hydroxylation sites is 2. The average Bonchev–Trinajstić information content (AvgIpc) is 2.54. The normalized spacial score (nSPS) is 14.8. The summed E-state index contributed by atoms with van der Waals surface area (Å²) in [7, 11) is 1.80. The van der Waals surface area contributed by atoms with Crippen LogP contribution in [0.15, 0.2) is 71.6 Å². The fourth-order valence-corrected chi connectivity index (χ4v) is 2.65. The van der Waals surface area contributed by atoms with Crippen LogP contribution in [0.1, 0.15) is 5.56 Å². The highest BCUT2D eigenvalue weighted by molar-refractivity contribution is 6.32. The Morgan fingerprint density at radius 3 is 2.45 bits per heavy atom. The summed E-state index contributed by atoms with van der Waals surface area (Å²) >= 11 is 6.09. The second-order valence-electron chi connectivity index (χ2n) is 5.11. The van der Waals surface area contributed by atoms with Crippen LogP contribution in [-0.4, -0.2) is 23.6 Å². The number of benzene rings is 2. The van der Waals surface area contributed by atoms with Crippen LogP contribution in [0.3, 0.4) is 0 Å². The Morgan fingerprint density at radius 2 is 1.73 bits per heavy atom. The molecule has 2 aromatic carbocycles. The first kappa shape index (κ1) is 14.5. The third kappa shape index (κ3) is 2.95. The number of hydrogen-bond acceptors (Lipinski definition) is 3. The molecule has 0 aromatic heterocycles. The molecular weight excluding hydrogens is 298 g/mol. The van der Waals surface area contributed by atoms with Gasteiger partial charge in [-0.15, -0.1) is 0 Å². The number of rotatable bonds is 3. The molecule has 0 saturated carbocycles. The number of allylic oxidation sites excluding steroid dienone is 2. The van der Waals surface area contributed by atoms with Gasteiger partial charge in [0.05, 0.1) is 0 Å². The van der Waals surface area contributed by atoms with Gasteiger partial charge in [0.2, 0.25) is 5.88 Å². The van der Waals surface area contributed by atoms with Crippen LogP contribution in [0.2, 0.25) is 0 Å². The number of likely N-dealkylation sites (N-methyl/N-ethyl adjacent to an activating group) is 1. The van der Waals surface area contributed by atoms with Crippen molar-refractivity contribution in [2.75, 3.05) is 13.6 Å². The van der Waals surface area contributed by atoms with E-state index in [-0.39, 0.29) is 5.88 Å². The maximum absolute atomic E-state index is 9.81. The molecule has 3 nitrogen and oxygen atoms in total. The zero-order valence-electron chi connectivity index (χ0n) is 12.2. The smallest absolute Gasteiger partial charge is 0.206 e. The van der Waals surface area contributed by atoms with Gasteiger partial charge in [-0.05, 0) is 29.8 Å². The second-order valence-corrected chi connectivity index (χ2v) is 5.52. The van der Waals surface area contributed by atoms with Crippen molar-refractivity contribution in [2.45, 2.75) is 0 Å². The first-order chi connectivity index (χ1) is 10.6. The van der Waals surface area contributed by atoms with Gasteiger partial charge in [0, 0.05) is 19.2 Å². The molecule has 2 aromatic rings. The molecule has 1 aliphatic heterocycles. The average molecular weight is 314 g/mol. The van der Waals surface area contributed by atoms with Gasteiger partial charge >= 0.3 is 0 Å². The van der Waals surface area contributed by atoms with Crippen molar-refractivity contribution >= 4 is 17.2 Å². The SMILES string of the molecule is CN1CC(c2ccccc2Oc2ccccc2)=CC(Cl)=C1O. The van der Waals surface area contributed by atoms with E-state index in [0.29, 0.717) is 11.6 Å². The number of ether oxygens (including phenoxy) is 1. The van der Waals surface area contributed by atoms with Crippen molar-refractivity contribution in [1.29, 1.82) is 0 Å². The number of hydrogen-bond donors (Lipinski definition) is 1. The van der Waals surface area contributed by atoms with Crippen LogP contribution >= 0.6 is 11.6 Å². The van der Waals surface area contributed by atoms with Crippen molar-refractivity contribution in [3.05, 3.63) is 77.2 Å². The molecule has 4 heteroatoms. The summed E-state index contributed by atoms with van der Waals surface area (Å²) < 4.78 is 5.98. The fraction of sp³-hybridized carbons (Fsp3) is 0.111.